The Labute approximate surface area is 164 Å². The Bertz CT molecular complexity index is 458. The standard InChI is InChI=1S/C20H39N5O2/c1-3-21-20(23-17-18-9-7-13-24(18)15-16-27-2)22-11-8-14-25-12-6-4-5-10-19(25)26/h18H,3-17H2,1-2H3,(H2,21,22,23). The van der Waals surface area contributed by atoms with Gasteiger partial charge in [0.15, 0.2) is 5.96 Å². The molecule has 2 saturated heterocycles. The van der Waals surface area contributed by atoms with E-state index in [1.807, 2.05) is 4.90 Å². The van der Waals surface area contributed by atoms with Gasteiger partial charge in [0.05, 0.1) is 13.2 Å². The monoisotopic (exact) mass is 381 g/mol. The van der Waals surface area contributed by atoms with Crippen LogP contribution < -0.4 is 10.6 Å². The lowest BCUT2D eigenvalue weighted by atomic mass is 10.2. The highest BCUT2D eigenvalue weighted by Crippen LogP contribution is 2.16. The molecule has 2 rings (SSSR count). The van der Waals surface area contributed by atoms with E-state index in [2.05, 4.69) is 22.5 Å². The van der Waals surface area contributed by atoms with Crippen molar-refractivity contribution in [2.45, 2.75) is 57.9 Å². The van der Waals surface area contributed by atoms with Crippen LogP contribution in [0.3, 0.4) is 0 Å². The van der Waals surface area contributed by atoms with Crippen molar-refractivity contribution >= 4 is 11.9 Å². The number of ether oxygens (including phenoxy) is 1. The summed E-state index contributed by atoms with van der Waals surface area (Å²) in [6, 6.07) is 0.519. The van der Waals surface area contributed by atoms with Crippen molar-refractivity contribution in [2.75, 3.05) is 59.5 Å². The number of aliphatic imine (C=N–C) groups is 1. The molecule has 2 heterocycles. The van der Waals surface area contributed by atoms with Crippen molar-refractivity contribution < 1.29 is 9.53 Å². The molecule has 1 atom stereocenters. The zero-order valence-electron chi connectivity index (χ0n) is 17.3. The first-order valence-electron chi connectivity index (χ1n) is 10.8. The highest BCUT2D eigenvalue weighted by molar-refractivity contribution is 5.79. The fourth-order valence-corrected chi connectivity index (χ4v) is 3.89. The zero-order valence-corrected chi connectivity index (χ0v) is 17.3. The van der Waals surface area contributed by atoms with Gasteiger partial charge in [-0.3, -0.25) is 14.7 Å². The molecular formula is C20H39N5O2. The highest BCUT2D eigenvalue weighted by Gasteiger charge is 2.23. The van der Waals surface area contributed by atoms with E-state index in [1.165, 1.54) is 19.3 Å². The Kier molecular flexibility index (Phi) is 10.5. The van der Waals surface area contributed by atoms with Crippen LogP contribution >= 0.6 is 0 Å². The lowest BCUT2D eigenvalue weighted by Crippen LogP contribution is -2.41. The van der Waals surface area contributed by atoms with Crippen molar-refractivity contribution in [1.29, 1.82) is 0 Å². The molecule has 0 aromatic rings. The van der Waals surface area contributed by atoms with Crippen LogP contribution in [0.2, 0.25) is 0 Å². The molecule has 2 fully saturated rings. The number of nitrogens with zero attached hydrogens (tertiary/aromatic N) is 3. The minimum atomic E-state index is 0.324. The van der Waals surface area contributed by atoms with Gasteiger partial charge < -0.3 is 20.3 Å². The Morgan fingerprint density at radius 3 is 2.89 bits per heavy atom. The number of hydrogen-bond acceptors (Lipinski definition) is 4. The average molecular weight is 382 g/mol. The second-order valence-electron chi connectivity index (χ2n) is 7.52. The Hall–Kier alpha value is -1.34. The van der Waals surface area contributed by atoms with E-state index in [-0.39, 0.29) is 0 Å². The van der Waals surface area contributed by atoms with Crippen LogP contribution in [0.15, 0.2) is 4.99 Å². The van der Waals surface area contributed by atoms with Gasteiger partial charge in [0.25, 0.3) is 0 Å². The van der Waals surface area contributed by atoms with Gasteiger partial charge in [-0.25, -0.2) is 0 Å². The van der Waals surface area contributed by atoms with E-state index < -0.39 is 0 Å². The molecule has 0 bridgehead atoms. The minimum Gasteiger partial charge on any atom is -0.383 e. The van der Waals surface area contributed by atoms with E-state index in [1.54, 1.807) is 7.11 Å². The number of carbonyl (C=O) groups excluding carboxylic acids is 1. The van der Waals surface area contributed by atoms with Gasteiger partial charge >= 0.3 is 0 Å². The molecule has 27 heavy (non-hydrogen) atoms. The number of rotatable bonds is 10. The maximum atomic E-state index is 12.1. The van der Waals surface area contributed by atoms with E-state index in [0.717, 1.165) is 84.1 Å². The van der Waals surface area contributed by atoms with Crippen molar-refractivity contribution in [1.82, 2.24) is 20.4 Å². The summed E-state index contributed by atoms with van der Waals surface area (Å²) in [7, 11) is 1.76. The molecule has 1 amide bonds. The molecule has 2 aliphatic heterocycles. The average Bonchev–Trinajstić information content (AvgIpc) is 3.02. The molecule has 7 heteroatoms. The maximum absolute atomic E-state index is 12.1. The number of nitrogens with one attached hydrogen (secondary N) is 2. The van der Waals surface area contributed by atoms with Gasteiger partial charge in [0, 0.05) is 52.3 Å². The van der Waals surface area contributed by atoms with Crippen LogP contribution in [0.5, 0.6) is 0 Å². The second kappa shape index (κ2) is 12.9. The van der Waals surface area contributed by atoms with Gasteiger partial charge in [-0.1, -0.05) is 6.42 Å². The van der Waals surface area contributed by atoms with Gasteiger partial charge in [-0.15, -0.1) is 0 Å². The molecule has 2 N–H and O–H groups in total. The fraction of sp³-hybridized carbons (Fsp3) is 0.900. The van der Waals surface area contributed by atoms with Crippen molar-refractivity contribution in [3.63, 3.8) is 0 Å². The predicted molar refractivity (Wildman–Crippen MR) is 110 cm³/mol. The third-order valence-corrected chi connectivity index (χ3v) is 5.45. The molecule has 0 aliphatic carbocycles. The molecule has 0 spiro atoms. The molecular weight excluding hydrogens is 342 g/mol. The summed E-state index contributed by atoms with van der Waals surface area (Å²) in [4.78, 5) is 21.4. The van der Waals surface area contributed by atoms with Gasteiger partial charge in [0.1, 0.15) is 0 Å². The lowest BCUT2D eigenvalue weighted by Gasteiger charge is -2.23. The van der Waals surface area contributed by atoms with Crippen LogP contribution in [0.4, 0.5) is 0 Å². The molecule has 0 aromatic carbocycles. The number of amides is 1. The summed E-state index contributed by atoms with van der Waals surface area (Å²) in [5.41, 5.74) is 0. The second-order valence-corrected chi connectivity index (χ2v) is 7.52. The smallest absolute Gasteiger partial charge is 0.222 e. The molecule has 0 radical (unpaired) electrons. The third kappa shape index (κ3) is 8.05. The quantitative estimate of drug-likeness (QED) is 0.340. The van der Waals surface area contributed by atoms with Crippen molar-refractivity contribution in [3.05, 3.63) is 0 Å². The van der Waals surface area contributed by atoms with Gasteiger partial charge in [-0.2, -0.15) is 0 Å². The largest absolute Gasteiger partial charge is 0.383 e. The number of guanidine groups is 1. The van der Waals surface area contributed by atoms with Crippen LogP contribution in [0.1, 0.15) is 51.9 Å². The van der Waals surface area contributed by atoms with E-state index in [9.17, 15) is 4.79 Å². The summed E-state index contributed by atoms with van der Waals surface area (Å²) >= 11 is 0. The van der Waals surface area contributed by atoms with Crippen molar-refractivity contribution in [3.8, 4) is 0 Å². The fourth-order valence-electron chi connectivity index (χ4n) is 3.89. The molecule has 1 unspecified atom stereocenters. The normalized spacial score (nSPS) is 22.1. The van der Waals surface area contributed by atoms with Crippen LogP contribution in [0, 0.1) is 0 Å². The highest BCUT2D eigenvalue weighted by atomic mass is 16.5. The summed E-state index contributed by atoms with van der Waals surface area (Å²) in [5, 5.41) is 6.77. The summed E-state index contributed by atoms with van der Waals surface area (Å²) in [5.74, 6) is 1.21. The van der Waals surface area contributed by atoms with E-state index in [4.69, 9.17) is 9.73 Å². The Balaban J connectivity index is 1.72. The third-order valence-electron chi connectivity index (χ3n) is 5.45. The number of likely N-dealkylation sites (tertiary alicyclic amines) is 2. The first-order chi connectivity index (χ1) is 13.2. The Morgan fingerprint density at radius 2 is 2.07 bits per heavy atom. The number of carbonyl (C=O) groups is 1. The summed E-state index contributed by atoms with van der Waals surface area (Å²) in [6.45, 7) is 9.31. The van der Waals surface area contributed by atoms with Crippen LogP contribution in [0.25, 0.3) is 0 Å². The molecule has 2 aliphatic rings. The zero-order chi connectivity index (χ0) is 19.3. The van der Waals surface area contributed by atoms with Crippen molar-refractivity contribution in [2.24, 2.45) is 4.99 Å². The molecule has 0 saturated carbocycles. The van der Waals surface area contributed by atoms with Gasteiger partial charge in [0.2, 0.25) is 5.91 Å². The predicted octanol–water partition coefficient (Wildman–Crippen LogP) is 1.45. The molecule has 156 valence electrons. The van der Waals surface area contributed by atoms with E-state index in [0.29, 0.717) is 11.9 Å². The van der Waals surface area contributed by atoms with Gasteiger partial charge in [-0.05, 0) is 45.6 Å². The number of methoxy groups -OCH3 is 1. The summed E-state index contributed by atoms with van der Waals surface area (Å²) in [6.07, 6.45) is 7.51. The Morgan fingerprint density at radius 1 is 1.19 bits per heavy atom. The SMILES string of the molecule is CCNC(=NCC1CCCN1CCOC)NCCCN1CCCCCC1=O. The topological polar surface area (TPSA) is 69.2 Å². The summed E-state index contributed by atoms with van der Waals surface area (Å²) < 4.78 is 5.22. The molecule has 7 nitrogen and oxygen atoms in total. The van der Waals surface area contributed by atoms with Crippen LogP contribution in [-0.4, -0.2) is 87.2 Å². The first-order valence-corrected chi connectivity index (χ1v) is 10.8. The lowest BCUT2D eigenvalue weighted by molar-refractivity contribution is -0.130. The van der Waals surface area contributed by atoms with Crippen LogP contribution in [-0.2, 0) is 9.53 Å². The van der Waals surface area contributed by atoms with E-state index >= 15 is 0 Å². The number of hydrogen-bond donors (Lipinski definition) is 2. The maximum Gasteiger partial charge on any atom is 0.222 e. The first kappa shape index (κ1) is 22.0. The molecule has 0 aromatic heterocycles. The minimum absolute atomic E-state index is 0.324.